The fourth-order valence-corrected chi connectivity index (χ4v) is 5.64. The van der Waals surface area contributed by atoms with Crippen LogP contribution in [0.25, 0.3) is 0 Å². The second kappa shape index (κ2) is 9.69. The van der Waals surface area contributed by atoms with Gasteiger partial charge in [-0.25, -0.2) is 0 Å². The molecule has 2 fully saturated rings. The number of aliphatic carboxylic acids is 1. The molecule has 1 aromatic heterocycles. The predicted molar refractivity (Wildman–Crippen MR) is 107 cm³/mol. The van der Waals surface area contributed by atoms with Crippen molar-refractivity contribution in [2.24, 2.45) is 5.92 Å². The first-order valence-corrected chi connectivity index (χ1v) is 11.2. The van der Waals surface area contributed by atoms with Crippen LogP contribution in [0.5, 0.6) is 0 Å². The lowest BCUT2D eigenvalue weighted by Crippen LogP contribution is -2.32. The van der Waals surface area contributed by atoms with Gasteiger partial charge in [0, 0.05) is 23.8 Å². The van der Waals surface area contributed by atoms with Gasteiger partial charge in [-0.2, -0.15) is 0 Å². The molecule has 5 nitrogen and oxygen atoms in total. The molecule has 0 radical (unpaired) electrons. The Labute approximate surface area is 165 Å². The Balaban J connectivity index is 1.52. The van der Waals surface area contributed by atoms with Crippen molar-refractivity contribution in [3.63, 3.8) is 0 Å². The fourth-order valence-electron chi connectivity index (χ4n) is 4.47. The summed E-state index contributed by atoms with van der Waals surface area (Å²) in [6.45, 7) is 0. The lowest BCUT2D eigenvalue weighted by atomic mass is 10.00. The van der Waals surface area contributed by atoms with Crippen LogP contribution >= 0.6 is 11.3 Å². The molecule has 6 heteroatoms. The van der Waals surface area contributed by atoms with Gasteiger partial charge in [-0.15, -0.1) is 11.3 Å². The molecule has 1 aromatic rings. The van der Waals surface area contributed by atoms with Crippen LogP contribution in [-0.4, -0.2) is 28.1 Å². The van der Waals surface area contributed by atoms with Crippen molar-refractivity contribution in [3.05, 3.63) is 17.0 Å². The zero-order valence-corrected chi connectivity index (χ0v) is 16.8. The third kappa shape index (κ3) is 5.32. The summed E-state index contributed by atoms with van der Waals surface area (Å²) in [5.74, 6) is -0.169. The van der Waals surface area contributed by atoms with Gasteiger partial charge in [-0.1, -0.05) is 32.1 Å². The van der Waals surface area contributed by atoms with E-state index >= 15 is 0 Å². The van der Waals surface area contributed by atoms with Gasteiger partial charge in [0.05, 0.1) is 11.1 Å². The van der Waals surface area contributed by atoms with Gasteiger partial charge in [-0.3, -0.25) is 9.59 Å². The highest BCUT2D eigenvalue weighted by Gasteiger charge is 2.33. The molecular weight excluding hydrogens is 362 g/mol. The molecular formula is C21H31NO4S. The van der Waals surface area contributed by atoms with E-state index in [1.54, 1.807) is 11.3 Å². The second-order valence-corrected chi connectivity index (χ2v) is 9.06. The van der Waals surface area contributed by atoms with Gasteiger partial charge < -0.3 is 15.1 Å². The maximum atomic E-state index is 12.4. The Bertz CT molecular complexity index is 638. The number of anilines is 1. The van der Waals surface area contributed by atoms with Crippen LogP contribution in [0.3, 0.4) is 0 Å². The molecule has 2 heterocycles. The number of aliphatic hydroxyl groups excluding tert-OH is 1. The van der Waals surface area contributed by atoms with E-state index in [1.807, 2.05) is 17.0 Å². The molecule has 150 valence electrons. The number of unbranched alkanes of at least 4 members (excludes halogenated alkanes) is 3. The number of carboxylic acid groups (broad SMARTS) is 1. The number of carboxylic acids is 1. The van der Waals surface area contributed by atoms with Gasteiger partial charge in [0.2, 0.25) is 5.91 Å². The van der Waals surface area contributed by atoms with Crippen molar-refractivity contribution in [3.8, 4) is 0 Å². The van der Waals surface area contributed by atoms with Gasteiger partial charge in [0.1, 0.15) is 0 Å². The molecule has 0 spiro atoms. The lowest BCUT2D eigenvalue weighted by Gasteiger charge is -2.23. The molecule has 1 saturated carbocycles. The summed E-state index contributed by atoms with van der Waals surface area (Å²) in [6.07, 6.45) is 10.6. The Kier molecular flexibility index (Phi) is 7.30. The number of amides is 1. The summed E-state index contributed by atoms with van der Waals surface area (Å²) in [7, 11) is 0. The number of thiophene rings is 1. The van der Waals surface area contributed by atoms with Crippen molar-refractivity contribution in [1.29, 1.82) is 0 Å². The highest BCUT2D eigenvalue weighted by Crippen LogP contribution is 2.41. The Morgan fingerprint density at radius 3 is 2.63 bits per heavy atom. The van der Waals surface area contributed by atoms with E-state index in [0.29, 0.717) is 12.3 Å². The van der Waals surface area contributed by atoms with Crippen LogP contribution in [0, 0.1) is 5.92 Å². The van der Waals surface area contributed by atoms with E-state index in [9.17, 15) is 14.7 Å². The van der Waals surface area contributed by atoms with Gasteiger partial charge in [-0.05, 0) is 50.2 Å². The van der Waals surface area contributed by atoms with E-state index in [2.05, 4.69) is 0 Å². The molecule has 27 heavy (non-hydrogen) atoms. The SMILES string of the molecule is O=C(O)CCCCCC[C@@H]1CCC(=O)N1c1ccc(C(O)C2CCCC2)s1. The minimum absolute atomic E-state index is 0.189. The zero-order chi connectivity index (χ0) is 19.2. The van der Waals surface area contributed by atoms with Crippen LogP contribution in [-0.2, 0) is 9.59 Å². The minimum Gasteiger partial charge on any atom is -0.481 e. The van der Waals surface area contributed by atoms with Crippen LogP contribution in [0.2, 0.25) is 0 Å². The van der Waals surface area contributed by atoms with Crippen molar-refractivity contribution in [2.45, 2.75) is 89.2 Å². The number of carbonyl (C=O) groups is 2. The molecule has 1 aliphatic heterocycles. The average Bonchev–Trinajstić information content (AvgIpc) is 3.38. The van der Waals surface area contributed by atoms with E-state index in [0.717, 1.165) is 61.2 Å². The molecule has 2 N–H and O–H groups in total. The van der Waals surface area contributed by atoms with Gasteiger partial charge in [0.15, 0.2) is 0 Å². The summed E-state index contributed by atoms with van der Waals surface area (Å²) >= 11 is 1.57. The normalized spacial score (nSPS) is 21.9. The first-order valence-electron chi connectivity index (χ1n) is 10.4. The van der Waals surface area contributed by atoms with E-state index in [1.165, 1.54) is 12.8 Å². The molecule has 2 aliphatic rings. The van der Waals surface area contributed by atoms with Gasteiger partial charge >= 0.3 is 5.97 Å². The Morgan fingerprint density at radius 2 is 1.89 bits per heavy atom. The maximum Gasteiger partial charge on any atom is 0.303 e. The maximum absolute atomic E-state index is 12.4. The van der Waals surface area contributed by atoms with Crippen molar-refractivity contribution in [2.75, 3.05) is 4.90 Å². The second-order valence-electron chi connectivity index (χ2n) is 7.97. The minimum atomic E-state index is -0.726. The average molecular weight is 394 g/mol. The highest BCUT2D eigenvalue weighted by molar-refractivity contribution is 7.16. The first-order chi connectivity index (χ1) is 13.1. The summed E-state index contributed by atoms with van der Waals surface area (Å²) in [5.41, 5.74) is 0. The van der Waals surface area contributed by atoms with Crippen LogP contribution in [0.1, 0.15) is 88.0 Å². The van der Waals surface area contributed by atoms with Crippen LogP contribution < -0.4 is 4.90 Å². The van der Waals surface area contributed by atoms with E-state index in [4.69, 9.17) is 5.11 Å². The molecule has 2 atom stereocenters. The van der Waals surface area contributed by atoms with Crippen molar-refractivity contribution in [1.82, 2.24) is 0 Å². The quantitative estimate of drug-likeness (QED) is 0.555. The Morgan fingerprint density at radius 1 is 1.15 bits per heavy atom. The number of hydrogen-bond donors (Lipinski definition) is 2. The first kappa shape index (κ1) is 20.3. The summed E-state index contributed by atoms with van der Waals surface area (Å²) in [4.78, 5) is 25.9. The molecule has 1 unspecified atom stereocenters. The summed E-state index contributed by atoms with van der Waals surface area (Å²) in [5, 5.41) is 20.3. The number of aliphatic hydroxyl groups is 1. The Hall–Kier alpha value is -1.40. The lowest BCUT2D eigenvalue weighted by molar-refractivity contribution is -0.137. The van der Waals surface area contributed by atoms with Crippen LogP contribution in [0.15, 0.2) is 12.1 Å². The van der Waals surface area contributed by atoms with Crippen molar-refractivity contribution < 1.29 is 19.8 Å². The molecule has 0 bridgehead atoms. The van der Waals surface area contributed by atoms with Crippen LogP contribution in [0.4, 0.5) is 5.00 Å². The fraction of sp³-hybridized carbons (Fsp3) is 0.714. The molecule has 1 saturated heterocycles. The van der Waals surface area contributed by atoms with E-state index < -0.39 is 12.1 Å². The number of hydrogen-bond acceptors (Lipinski definition) is 4. The largest absolute Gasteiger partial charge is 0.481 e. The monoisotopic (exact) mass is 393 g/mol. The highest BCUT2D eigenvalue weighted by atomic mass is 32.1. The summed E-state index contributed by atoms with van der Waals surface area (Å²) in [6, 6.07) is 4.24. The standard InChI is InChI=1S/C21H31NO4S/c23-18-13-11-16(9-3-1-2-4-10-20(24)25)22(18)19-14-12-17(27-19)21(26)15-7-5-6-8-15/h12,14-16,21,26H,1-11,13H2,(H,24,25)/t16-,21?/m1/s1. The third-order valence-electron chi connectivity index (χ3n) is 5.99. The number of nitrogens with zero attached hydrogens (tertiary/aromatic N) is 1. The predicted octanol–water partition coefficient (Wildman–Crippen LogP) is 4.89. The smallest absolute Gasteiger partial charge is 0.303 e. The molecule has 3 rings (SSSR count). The summed E-state index contributed by atoms with van der Waals surface area (Å²) < 4.78 is 0. The zero-order valence-electron chi connectivity index (χ0n) is 15.9. The van der Waals surface area contributed by atoms with E-state index in [-0.39, 0.29) is 18.4 Å². The topological polar surface area (TPSA) is 77.8 Å². The third-order valence-corrected chi connectivity index (χ3v) is 7.15. The number of rotatable bonds is 10. The molecule has 0 aromatic carbocycles. The molecule has 1 aliphatic carbocycles. The van der Waals surface area contributed by atoms with Gasteiger partial charge in [0.25, 0.3) is 0 Å². The molecule has 1 amide bonds. The number of carbonyl (C=O) groups excluding carboxylic acids is 1. The van der Waals surface area contributed by atoms with Crippen molar-refractivity contribution >= 4 is 28.2 Å².